The molecule has 3 aromatic rings. The predicted molar refractivity (Wildman–Crippen MR) is 113 cm³/mol. The highest BCUT2D eigenvalue weighted by atomic mass is 35.5. The van der Waals surface area contributed by atoms with Crippen molar-refractivity contribution in [1.82, 2.24) is 4.98 Å². The lowest BCUT2D eigenvalue weighted by atomic mass is 9.94. The van der Waals surface area contributed by atoms with E-state index in [1.54, 1.807) is 25.3 Å². The SMILES string of the molecule is COc1ccc(-c2cccc(NC(=O)C3(c4ccc5c(c4)OCO5)CC3)n2)cc1Cl. The summed E-state index contributed by atoms with van der Waals surface area (Å²) in [6.07, 6.45) is 1.57. The summed E-state index contributed by atoms with van der Waals surface area (Å²) in [5.74, 6) is 2.42. The van der Waals surface area contributed by atoms with Crippen molar-refractivity contribution in [2.24, 2.45) is 0 Å². The van der Waals surface area contributed by atoms with Crippen LogP contribution in [-0.4, -0.2) is 24.8 Å². The zero-order valence-electron chi connectivity index (χ0n) is 16.3. The van der Waals surface area contributed by atoms with Gasteiger partial charge in [0.25, 0.3) is 0 Å². The summed E-state index contributed by atoms with van der Waals surface area (Å²) in [6.45, 7) is 0.212. The quantitative estimate of drug-likeness (QED) is 0.639. The Hall–Kier alpha value is -3.25. The molecular formula is C23H19ClN2O4. The van der Waals surface area contributed by atoms with Gasteiger partial charge in [-0.15, -0.1) is 0 Å². The van der Waals surface area contributed by atoms with E-state index >= 15 is 0 Å². The van der Waals surface area contributed by atoms with Crippen LogP contribution >= 0.6 is 11.6 Å². The number of nitrogens with one attached hydrogen (secondary N) is 1. The molecule has 1 aliphatic heterocycles. The maximum atomic E-state index is 13.1. The number of amides is 1. The molecule has 0 spiro atoms. The minimum absolute atomic E-state index is 0.0706. The average Bonchev–Trinajstić information content (AvgIpc) is 3.45. The summed E-state index contributed by atoms with van der Waals surface area (Å²) in [7, 11) is 1.57. The minimum Gasteiger partial charge on any atom is -0.495 e. The standard InChI is InChI=1S/C23H19ClN2O4/c1-28-18-7-5-14(11-16(18)24)17-3-2-4-21(25-17)26-22(27)23(9-10-23)15-6-8-19-20(12-15)30-13-29-19/h2-8,11-12H,9-10,13H2,1H3,(H,25,26,27). The summed E-state index contributed by atoms with van der Waals surface area (Å²) in [5, 5.41) is 3.48. The van der Waals surface area contributed by atoms with Crippen molar-refractivity contribution in [2.75, 3.05) is 19.2 Å². The zero-order valence-corrected chi connectivity index (χ0v) is 17.0. The topological polar surface area (TPSA) is 69.7 Å². The Kier molecular flexibility index (Phi) is 4.51. The van der Waals surface area contributed by atoms with E-state index in [9.17, 15) is 4.79 Å². The third kappa shape index (κ3) is 3.23. The monoisotopic (exact) mass is 422 g/mol. The summed E-state index contributed by atoms with van der Waals surface area (Å²) >= 11 is 6.24. The van der Waals surface area contributed by atoms with Gasteiger partial charge in [0, 0.05) is 5.56 Å². The summed E-state index contributed by atoms with van der Waals surface area (Å²) in [4.78, 5) is 17.7. The Labute approximate surface area is 178 Å². The second kappa shape index (κ2) is 7.22. The Balaban J connectivity index is 1.38. The van der Waals surface area contributed by atoms with E-state index in [2.05, 4.69) is 10.3 Å². The molecule has 6 nitrogen and oxygen atoms in total. The number of nitrogens with zero attached hydrogens (tertiary/aromatic N) is 1. The fourth-order valence-electron chi connectivity index (χ4n) is 3.69. The molecule has 7 heteroatoms. The second-order valence-corrected chi connectivity index (χ2v) is 7.77. The number of rotatable bonds is 5. The van der Waals surface area contributed by atoms with E-state index in [4.69, 9.17) is 25.8 Å². The number of carbonyl (C=O) groups is 1. The Morgan fingerprint density at radius 3 is 2.70 bits per heavy atom. The van der Waals surface area contributed by atoms with E-state index in [0.29, 0.717) is 33.8 Å². The number of methoxy groups -OCH3 is 1. The van der Waals surface area contributed by atoms with Crippen LogP contribution in [0, 0.1) is 0 Å². The molecule has 30 heavy (non-hydrogen) atoms. The lowest BCUT2D eigenvalue weighted by Gasteiger charge is -2.16. The van der Waals surface area contributed by atoms with Crippen LogP contribution in [0.25, 0.3) is 11.3 Å². The first-order chi connectivity index (χ1) is 14.6. The van der Waals surface area contributed by atoms with Crippen molar-refractivity contribution in [2.45, 2.75) is 18.3 Å². The van der Waals surface area contributed by atoms with E-state index in [0.717, 1.165) is 24.0 Å². The predicted octanol–water partition coefficient (Wildman–Crippen LogP) is 4.81. The number of aromatic nitrogens is 1. The number of benzene rings is 2. The van der Waals surface area contributed by atoms with Gasteiger partial charge in [-0.25, -0.2) is 4.98 Å². The van der Waals surface area contributed by atoms with Gasteiger partial charge in [-0.1, -0.05) is 23.7 Å². The number of fused-ring (bicyclic) bond motifs is 1. The molecule has 1 aromatic heterocycles. The number of hydrogen-bond donors (Lipinski definition) is 1. The summed E-state index contributed by atoms with van der Waals surface area (Å²) < 4.78 is 16.0. The van der Waals surface area contributed by atoms with Gasteiger partial charge in [0.15, 0.2) is 11.5 Å². The van der Waals surface area contributed by atoms with Gasteiger partial charge in [0.1, 0.15) is 11.6 Å². The molecule has 1 saturated carbocycles. The van der Waals surface area contributed by atoms with Crippen LogP contribution in [0.2, 0.25) is 5.02 Å². The first-order valence-corrected chi connectivity index (χ1v) is 9.99. The van der Waals surface area contributed by atoms with Gasteiger partial charge in [0.2, 0.25) is 12.7 Å². The smallest absolute Gasteiger partial charge is 0.236 e. The molecule has 152 valence electrons. The lowest BCUT2D eigenvalue weighted by molar-refractivity contribution is -0.118. The van der Waals surface area contributed by atoms with Crippen LogP contribution in [0.3, 0.4) is 0 Å². The van der Waals surface area contributed by atoms with Crippen molar-refractivity contribution < 1.29 is 19.0 Å². The van der Waals surface area contributed by atoms with Crippen LogP contribution in [-0.2, 0) is 10.2 Å². The Bertz CT molecular complexity index is 1140. The van der Waals surface area contributed by atoms with Gasteiger partial charge in [-0.3, -0.25) is 4.79 Å². The molecule has 1 N–H and O–H groups in total. The fourth-order valence-corrected chi connectivity index (χ4v) is 3.95. The van der Waals surface area contributed by atoms with Gasteiger partial charge in [0.05, 0.1) is 23.2 Å². The van der Waals surface area contributed by atoms with Crippen molar-refractivity contribution in [3.63, 3.8) is 0 Å². The Morgan fingerprint density at radius 1 is 1.10 bits per heavy atom. The number of carbonyl (C=O) groups excluding carboxylic acids is 1. The largest absolute Gasteiger partial charge is 0.495 e. The van der Waals surface area contributed by atoms with E-state index in [1.807, 2.05) is 36.4 Å². The zero-order chi connectivity index (χ0) is 20.7. The third-order valence-corrected chi connectivity index (χ3v) is 5.84. The molecule has 0 bridgehead atoms. The van der Waals surface area contributed by atoms with Crippen LogP contribution in [0.4, 0.5) is 5.82 Å². The van der Waals surface area contributed by atoms with Crippen LogP contribution in [0.1, 0.15) is 18.4 Å². The van der Waals surface area contributed by atoms with Crippen molar-refractivity contribution in [1.29, 1.82) is 0 Å². The molecule has 1 amide bonds. The van der Waals surface area contributed by atoms with Crippen LogP contribution < -0.4 is 19.5 Å². The summed E-state index contributed by atoms with van der Waals surface area (Å²) in [6, 6.07) is 16.7. The highest BCUT2D eigenvalue weighted by Crippen LogP contribution is 2.51. The number of halogens is 1. The molecule has 0 atom stereocenters. The highest BCUT2D eigenvalue weighted by Gasteiger charge is 2.51. The molecule has 1 fully saturated rings. The second-order valence-electron chi connectivity index (χ2n) is 7.36. The van der Waals surface area contributed by atoms with Gasteiger partial charge in [-0.05, 0) is 60.9 Å². The molecule has 0 saturated heterocycles. The third-order valence-electron chi connectivity index (χ3n) is 5.55. The van der Waals surface area contributed by atoms with Crippen molar-refractivity contribution in [3.8, 4) is 28.5 Å². The van der Waals surface area contributed by atoms with Gasteiger partial charge in [-0.2, -0.15) is 0 Å². The van der Waals surface area contributed by atoms with Crippen molar-refractivity contribution >= 4 is 23.3 Å². The average molecular weight is 423 g/mol. The maximum absolute atomic E-state index is 13.1. The molecular weight excluding hydrogens is 404 g/mol. The summed E-state index contributed by atoms with van der Waals surface area (Å²) in [5.41, 5.74) is 1.93. The fraction of sp³-hybridized carbons (Fsp3) is 0.217. The highest BCUT2D eigenvalue weighted by molar-refractivity contribution is 6.32. The molecule has 2 heterocycles. The lowest BCUT2D eigenvalue weighted by Crippen LogP contribution is -2.28. The van der Waals surface area contributed by atoms with Crippen molar-refractivity contribution in [3.05, 3.63) is 65.2 Å². The van der Waals surface area contributed by atoms with E-state index in [1.165, 1.54) is 0 Å². The van der Waals surface area contributed by atoms with E-state index < -0.39 is 5.41 Å². The molecule has 5 rings (SSSR count). The number of hydrogen-bond acceptors (Lipinski definition) is 5. The first kappa shape index (κ1) is 18.8. The Morgan fingerprint density at radius 2 is 1.93 bits per heavy atom. The van der Waals surface area contributed by atoms with Crippen LogP contribution in [0.15, 0.2) is 54.6 Å². The van der Waals surface area contributed by atoms with Gasteiger partial charge >= 0.3 is 0 Å². The number of anilines is 1. The number of ether oxygens (including phenoxy) is 3. The molecule has 2 aliphatic rings. The molecule has 2 aromatic carbocycles. The molecule has 0 unspecified atom stereocenters. The van der Waals surface area contributed by atoms with E-state index in [-0.39, 0.29) is 12.7 Å². The molecule has 1 aliphatic carbocycles. The van der Waals surface area contributed by atoms with Crippen LogP contribution in [0.5, 0.6) is 17.2 Å². The van der Waals surface area contributed by atoms with Gasteiger partial charge < -0.3 is 19.5 Å². The number of pyridine rings is 1. The first-order valence-electron chi connectivity index (χ1n) is 9.62. The molecule has 0 radical (unpaired) electrons. The maximum Gasteiger partial charge on any atom is 0.236 e. The minimum atomic E-state index is -0.553. The normalized spacial score (nSPS) is 15.5.